The van der Waals surface area contributed by atoms with Crippen LogP contribution in [-0.2, 0) is 0 Å². The van der Waals surface area contributed by atoms with E-state index in [2.05, 4.69) is 13.8 Å². The maximum Gasteiger partial charge on any atom is 0.0955 e. The quantitative estimate of drug-likeness (QED) is 0.873. The van der Waals surface area contributed by atoms with E-state index in [0.717, 1.165) is 6.42 Å². The maximum absolute atomic E-state index is 10.1. The lowest BCUT2D eigenvalue weighted by Gasteiger charge is -2.21. The second-order valence-corrected chi connectivity index (χ2v) is 5.25. The molecule has 90 valence electrons. The third kappa shape index (κ3) is 3.63. The predicted molar refractivity (Wildman–Crippen MR) is 68.9 cm³/mol. The Morgan fingerprint density at radius 3 is 2.44 bits per heavy atom. The minimum Gasteiger partial charge on any atom is -0.387 e. The average molecular weight is 262 g/mol. The van der Waals surface area contributed by atoms with Gasteiger partial charge in [0, 0.05) is 21.7 Å². The molecule has 1 rings (SSSR count). The summed E-state index contributed by atoms with van der Waals surface area (Å²) in [5, 5.41) is 11.1. The fourth-order valence-electron chi connectivity index (χ4n) is 1.65. The molecule has 0 aliphatic carbocycles. The van der Waals surface area contributed by atoms with Crippen LogP contribution >= 0.6 is 23.2 Å². The molecule has 0 aliphatic heterocycles. The summed E-state index contributed by atoms with van der Waals surface area (Å²) in [6, 6.07) is 4.73. The van der Waals surface area contributed by atoms with Crippen molar-refractivity contribution < 1.29 is 5.11 Å². The third-order valence-electron chi connectivity index (χ3n) is 2.43. The molecule has 0 aromatic heterocycles. The Labute approximate surface area is 106 Å². The van der Waals surface area contributed by atoms with Crippen molar-refractivity contribution in [3.05, 3.63) is 33.8 Å². The zero-order valence-electron chi connectivity index (χ0n) is 9.45. The Morgan fingerprint density at radius 1 is 1.31 bits per heavy atom. The molecule has 2 atom stereocenters. The third-order valence-corrected chi connectivity index (χ3v) is 2.99. The van der Waals surface area contributed by atoms with Gasteiger partial charge in [-0.25, -0.2) is 0 Å². The monoisotopic (exact) mass is 261 g/mol. The average Bonchev–Trinajstić information content (AvgIpc) is 2.15. The van der Waals surface area contributed by atoms with Gasteiger partial charge in [0.05, 0.1) is 6.10 Å². The normalized spacial score (nSPS) is 15.2. The number of aliphatic hydroxyl groups excluding tert-OH is 1. The van der Waals surface area contributed by atoms with Crippen LogP contribution < -0.4 is 5.73 Å². The zero-order chi connectivity index (χ0) is 12.3. The number of halogens is 2. The van der Waals surface area contributed by atoms with E-state index in [1.807, 2.05) is 0 Å². The Bertz CT molecular complexity index is 355. The highest BCUT2D eigenvalue weighted by Gasteiger charge is 2.20. The molecule has 0 saturated heterocycles. The predicted octanol–water partition coefficient (Wildman–Crippen LogP) is 3.40. The molecule has 2 nitrogen and oxygen atoms in total. The van der Waals surface area contributed by atoms with E-state index in [1.54, 1.807) is 18.2 Å². The Morgan fingerprint density at radius 2 is 1.94 bits per heavy atom. The zero-order valence-corrected chi connectivity index (χ0v) is 11.0. The van der Waals surface area contributed by atoms with Gasteiger partial charge in [-0.3, -0.25) is 0 Å². The van der Waals surface area contributed by atoms with Crippen LogP contribution in [0.3, 0.4) is 0 Å². The first-order chi connectivity index (χ1) is 7.41. The second-order valence-electron chi connectivity index (χ2n) is 4.40. The van der Waals surface area contributed by atoms with E-state index in [4.69, 9.17) is 28.9 Å². The summed E-state index contributed by atoms with van der Waals surface area (Å²) in [5.41, 5.74) is 6.55. The highest BCUT2D eigenvalue weighted by atomic mass is 35.5. The van der Waals surface area contributed by atoms with Gasteiger partial charge < -0.3 is 10.8 Å². The number of hydrogen-bond donors (Lipinski definition) is 2. The summed E-state index contributed by atoms with van der Waals surface area (Å²) in [5.74, 6) is 0.440. The van der Waals surface area contributed by atoms with Crippen LogP contribution in [-0.4, -0.2) is 11.1 Å². The Kier molecular flexibility index (Phi) is 5.06. The summed E-state index contributed by atoms with van der Waals surface area (Å²) >= 11 is 11.8. The van der Waals surface area contributed by atoms with Crippen LogP contribution in [0, 0.1) is 5.92 Å². The lowest BCUT2D eigenvalue weighted by Crippen LogP contribution is -2.30. The standard InChI is InChI=1S/C12H17Cl2NO/c1-7(2)5-11(15)12(16)9-4-3-8(13)6-10(9)14/h3-4,6-7,11-12,16H,5,15H2,1-2H3. The lowest BCUT2D eigenvalue weighted by molar-refractivity contribution is 0.136. The molecule has 0 saturated carbocycles. The summed E-state index contributed by atoms with van der Waals surface area (Å²) in [6.07, 6.45) is 0.00676. The Hall–Kier alpha value is -0.280. The van der Waals surface area contributed by atoms with Gasteiger partial charge in [0.15, 0.2) is 0 Å². The molecule has 0 heterocycles. The maximum atomic E-state index is 10.1. The van der Waals surface area contributed by atoms with Crippen molar-refractivity contribution in [2.24, 2.45) is 11.7 Å². The topological polar surface area (TPSA) is 46.2 Å². The highest BCUT2D eigenvalue weighted by Crippen LogP contribution is 2.29. The van der Waals surface area contributed by atoms with Crippen molar-refractivity contribution in [1.29, 1.82) is 0 Å². The number of aliphatic hydroxyl groups is 1. The van der Waals surface area contributed by atoms with Crippen molar-refractivity contribution in [1.82, 2.24) is 0 Å². The van der Waals surface area contributed by atoms with Gasteiger partial charge in [-0.1, -0.05) is 43.1 Å². The first-order valence-corrected chi connectivity index (χ1v) is 6.06. The molecule has 0 spiro atoms. The van der Waals surface area contributed by atoms with Crippen molar-refractivity contribution in [3.8, 4) is 0 Å². The second kappa shape index (κ2) is 5.87. The number of benzene rings is 1. The molecular formula is C12H17Cl2NO. The SMILES string of the molecule is CC(C)CC(N)C(O)c1ccc(Cl)cc1Cl. The van der Waals surface area contributed by atoms with E-state index >= 15 is 0 Å². The molecule has 0 bridgehead atoms. The van der Waals surface area contributed by atoms with Crippen molar-refractivity contribution in [2.75, 3.05) is 0 Å². The Balaban J connectivity index is 2.83. The fourth-order valence-corrected chi connectivity index (χ4v) is 2.17. The highest BCUT2D eigenvalue weighted by molar-refractivity contribution is 6.35. The minimum atomic E-state index is -0.743. The van der Waals surface area contributed by atoms with Gasteiger partial charge in [-0.05, 0) is 24.5 Å². The molecule has 0 amide bonds. The number of nitrogens with two attached hydrogens (primary N) is 1. The van der Waals surface area contributed by atoms with E-state index in [-0.39, 0.29) is 6.04 Å². The van der Waals surface area contributed by atoms with E-state index in [1.165, 1.54) is 0 Å². The molecule has 0 aliphatic rings. The smallest absolute Gasteiger partial charge is 0.0955 e. The largest absolute Gasteiger partial charge is 0.387 e. The van der Waals surface area contributed by atoms with Crippen LogP contribution in [0.4, 0.5) is 0 Å². The van der Waals surface area contributed by atoms with E-state index in [9.17, 15) is 5.11 Å². The van der Waals surface area contributed by atoms with Crippen LogP contribution in [0.1, 0.15) is 31.9 Å². The summed E-state index contributed by atoms with van der Waals surface area (Å²) in [6.45, 7) is 4.13. The van der Waals surface area contributed by atoms with E-state index < -0.39 is 6.10 Å². The molecule has 0 radical (unpaired) electrons. The first kappa shape index (κ1) is 13.8. The van der Waals surface area contributed by atoms with Gasteiger partial charge in [0.2, 0.25) is 0 Å². The van der Waals surface area contributed by atoms with Crippen LogP contribution in [0.15, 0.2) is 18.2 Å². The molecule has 3 N–H and O–H groups in total. The van der Waals surface area contributed by atoms with Gasteiger partial charge in [-0.2, -0.15) is 0 Å². The summed E-state index contributed by atoms with van der Waals surface area (Å²) in [7, 11) is 0. The lowest BCUT2D eigenvalue weighted by atomic mass is 9.95. The van der Waals surface area contributed by atoms with Gasteiger partial charge in [0.1, 0.15) is 0 Å². The first-order valence-electron chi connectivity index (χ1n) is 5.30. The van der Waals surface area contributed by atoms with Crippen LogP contribution in [0.2, 0.25) is 10.0 Å². The molecule has 0 fully saturated rings. The molecule has 1 aromatic rings. The minimum absolute atomic E-state index is 0.307. The summed E-state index contributed by atoms with van der Waals surface area (Å²) in [4.78, 5) is 0. The van der Waals surface area contributed by atoms with Crippen molar-refractivity contribution in [2.45, 2.75) is 32.4 Å². The molecule has 16 heavy (non-hydrogen) atoms. The molecule has 1 aromatic carbocycles. The van der Waals surface area contributed by atoms with Gasteiger partial charge in [-0.15, -0.1) is 0 Å². The van der Waals surface area contributed by atoms with Crippen molar-refractivity contribution in [3.63, 3.8) is 0 Å². The number of hydrogen-bond acceptors (Lipinski definition) is 2. The van der Waals surface area contributed by atoms with Crippen LogP contribution in [0.5, 0.6) is 0 Å². The molecule has 4 heteroatoms. The van der Waals surface area contributed by atoms with Gasteiger partial charge >= 0.3 is 0 Å². The van der Waals surface area contributed by atoms with Crippen LogP contribution in [0.25, 0.3) is 0 Å². The van der Waals surface area contributed by atoms with E-state index in [0.29, 0.717) is 21.5 Å². The summed E-state index contributed by atoms with van der Waals surface area (Å²) < 4.78 is 0. The number of rotatable bonds is 4. The molecule has 2 unspecified atom stereocenters. The van der Waals surface area contributed by atoms with Gasteiger partial charge in [0.25, 0.3) is 0 Å². The fraction of sp³-hybridized carbons (Fsp3) is 0.500. The van der Waals surface area contributed by atoms with Crippen molar-refractivity contribution >= 4 is 23.2 Å². The molecular weight excluding hydrogens is 245 g/mol.